The number of benzene rings is 11. The highest BCUT2D eigenvalue weighted by Crippen LogP contribution is 2.46. The van der Waals surface area contributed by atoms with Gasteiger partial charge < -0.3 is 0 Å². The van der Waals surface area contributed by atoms with Gasteiger partial charge in [-0.15, -0.1) is 0 Å². The molecule has 58 heavy (non-hydrogen) atoms. The van der Waals surface area contributed by atoms with E-state index in [0.717, 1.165) is 0 Å². The summed E-state index contributed by atoms with van der Waals surface area (Å²) in [7, 11) is 0. The summed E-state index contributed by atoms with van der Waals surface area (Å²) in [6, 6.07) is 84.5. The lowest BCUT2D eigenvalue weighted by Gasteiger charge is -2.19. The number of fused-ring (bicyclic) bond motifs is 4. The molecule has 0 aliphatic carbocycles. The predicted octanol–water partition coefficient (Wildman–Crippen LogP) is 16.3. The number of hydrogen-bond donors (Lipinski definition) is 0. The zero-order chi connectivity index (χ0) is 38.4. The third-order valence-corrected chi connectivity index (χ3v) is 11.9. The van der Waals surface area contributed by atoms with E-state index < -0.39 is 0 Å². The summed E-state index contributed by atoms with van der Waals surface area (Å²) in [6.45, 7) is 0. The Kier molecular flexibility index (Phi) is 8.26. The lowest BCUT2D eigenvalue weighted by molar-refractivity contribution is 1.58. The zero-order valence-electron chi connectivity index (χ0n) is 31.9. The summed E-state index contributed by atoms with van der Waals surface area (Å²) in [5.41, 5.74) is 14.8. The van der Waals surface area contributed by atoms with Crippen molar-refractivity contribution in [2.24, 2.45) is 0 Å². The van der Waals surface area contributed by atoms with Crippen LogP contribution in [0.5, 0.6) is 0 Å². The molecule has 0 N–H and O–H groups in total. The summed E-state index contributed by atoms with van der Waals surface area (Å²) >= 11 is 0. The molecule has 11 aromatic carbocycles. The minimum Gasteiger partial charge on any atom is -0.0622 e. The van der Waals surface area contributed by atoms with Crippen LogP contribution in [-0.4, -0.2) is 0 Å². The molecule has 0 saturated heterocycles. The van der Waals surface area contributed by atoms with Gasteiger partial charge >= 0.3 is 0 Å². The monoisotopic (exact) mass is 734 g/mol. The van der Waals surface area contributed by atoms with Crippen molar-refractivity contribution in [2.75, 3.05) is 0 Å². The predicted molar refractivity (Wildman–Crippen MR) is 249 cm³/mol. The van der Waals surface area contributed by atoms with Gasteiger partial charge in [-0.05, 0) is 122 Å². The molecule has 0 radical (unpaired) electrons. The first kappa shape index (κ1) is 33.8. The molecule has 270 valence electrons. The fraction of sp³-hybridized carbons (Fsp3) is 0. The van der Waals surface area contributed by atoms with E-state index in [1.807, 2.05) is 0 Å². The maximum atomic E-state index is 2.45. The minimum absolute atomic E-state index is 1.20. The highest BCUT2D eigenvalue weighted by molar-refractivity contribution is 6.22. The van der Waals surface area contributed by atoms with E-state index in [0.29, 0.717) is 0 Å². The van der Waals surface area contributed by atoms with E-state index in [2.05, 4.69) is 231 Å². The standard InChI is InChI=1S/C58H38/c1-3-15-39(16-4-1)44-21-13-22-45(37-44)40-29-31-42(32-30-40)48-35-36-50(49-28-14-20-41-17-7-8-23-47(41)49)51-34-33-46(38-56(48)51)58-54-26-11-9-24-52(54)57(43-18-5-2-6-19-43)53-25-10-12-27-55(53)58/h1-38H. The minimum atomic E-state index is 1.20. The number of rotatable bonds is 6. The normalized spacial score (nSPS) is 11.4. The van der Waals surface area contributed by atoms with Crippen molar-refractivity contribution in [1.82, 2.24) is 0 Å². The van der Waals surface area contributed by atoms with Gasteiger partial charge in [0.2, 0.25) is 0 Å². The molecule has 0 heteroatoms. The van der Waals surface area contributed by atoms with Crippen molar-refractivity contribution in [3.8, 4) is 66.8 Å². The number of hydrogen-bond acceptors (Lipinski definition) is 0. The Labute approximate surface area is 339 Å². The second-order valence-corrected chi connectivity index (χ2v) is 15.2. The van der Waals surface area contributed by atoms with Gasteiger partial charge in [0.1, 0.15) is 0 Å². The molecule has 0 amide bonds. The largest absolute Gasteiger partial charge is 0.0622 e. The zero-order valence-corrected chi connectivity index (χ0v) is 31.9. The Morgan fingerprint density at radius 3 is 1.26 bits per heavy atom. The van der Waals surface area contributed by atoms with Crippen LogP contribution >= 0.6 is 0 Å². The molecule has 0 bridgehead atoms. The van der Waals surface area contributed by atoms with Crippen molar-refractivity contribution in [1.29, 1.82) is 0 Å². The Balaban J connectivity index is 1.13. The highest BCUT2D eigenvalue weighted by atomic mass is 14.2. The Morgan fingerprint density at radius 2 is 0.603 bits per heavy atom. The Bertz CT molecular complexity index is 3240. The van der Waals surface area contributed by atoms with Crippen LogP contribution in [0.15, 0.2) is 231 Å². The van der Waals surface area contributed by atoms with Crippen LogP contribution < -0.4 is 0 Å². The summed E-state index contributed by atoms with van der Waals surface area (Å²) in [6.07, 6.45) is 0. The van der Waals surface area contributed by atoms with Gasteiger partial charge in [-0.1, -0.05) is 218 Å². The molecule has 0 unspecified atom stereocenters. The molecule has 0 atom stereocenters. The molecule has 0 aliphatic heterocycles. The first-order chi connectivity index (χ1) is 28.8. The van der Waals surface area contributed by atoms with Gasteiger partial charge in [0.15, 0.2) is 0 Å². The van der Waals surface area contributed by atoms with Crippen LogP contribution in [-0.2, 0) is 0 Å². The topological polar surface area (TPSA) is 0 Å². The van der Waals surface area contributed by atoms with Gasteiger partial charge in [-0.25, -0.2) is 0 Å². The molecule has 0 nitrogen and oxygen atoms in total. The lowest BCUT2D eigenvalue weighted by Crippen LogP contribution is -1.92. The Hall–Kier alpha value is -7.54. The molecule has 0 spiro atoms. The summed E-state index contributed by atoms with van der Waals surface area (Å²) in [4.78, 5) is 0. The van der Waals surface area contributed by atoms with Gasteiger partial charge in [0, 0.05) is 0 Å². The van der Waals surface area contributed by atoms with Crippen LogP contribution in [0.25, 0.3) is 110 Å². The van der Waals surface area contributed by atoms with Gasteiger partial charge in [-0.2, -0.15) is 0 Å². The van der Waals surface area contributed by atoms with E-state index in [-0.39, 0.29) is 0 Å². The summed E-state index contributed by atoms with van der Waals surface area (Å²) < 4.78 is 0. The van der Waals surface area contributed by atoms with Crippen LogP contribution in [0.1, 0.15) is 0 Å². The molecule has 0 aromatic heterocycles. The molecule has 11 aromatic rings. The van der Waals surface area contributed by atoms with E-state index >= 15 is 0 Å². The van der Waals surface area contributed by atoms with Gasteiger partial charge in [0.25, 0.3) is 0 Å². The van der Waals surface area contributed by atoms with Crippen LogP contribution in [0.4, 0.5) is 0 Å². The van der Waals surface area contributed by atoms with Crippen molar-refractivity contribution in [3.63, 3.8) is 0 Å². The van der Waals surface area contributed by atoms with Crippen molar-refractivity contribution >= 4 is 43.1 Å². The molecular weight excluding hydrogens is 697 g/mol. The summed E-state index contributed by atoms with van der Waals surface area (Å²) in [5.74, 6) is 0. The van der Waals surface area contributed by atoms with Crippen molar-refractivity contribution in [3.05, 3.63) is 231 Å². The maximum absolute atomic E-state index is 2.45. The first-order valence-electron chi connectivity index (χ1n) is 20.1. The van der Waals surface area contributed by atoms with E-state index in [1.54, 1.807) is 0 Å². The SMILES string of the molecule is c1ccc(-c2cccc(-c3ccc(-c4ccc(-c5cccc6ccccc56)c5ccc(-c6c7ccccc7c(-c7ccccc7)c7ccccc67)cc45)cc3)c2)cc1. The smallest absolute Gasteiger partial charge is 0.00261 e. The van der Waals surface area contributed by atoms with E-state index in [4.69, 9.17) is 0 Å². The lowest BCUT2D eigenvalue weighted by atomic mass is 9.84. The summed E-state index contributed by atoms with van der Waals surface area (Å²) in [5, 5.41) is 10.0. The van der Waals surface area contributed by atoms with Gasteiger partial charge in [0.05, 0.1) is 0 Å². The molecule has 11 rings (SSSR count). The third kappa shape index (κ3) is 5.78. The molecule has 0 saturated carbocycles. The Morgan fingerprint density at radius 1 is 0.172 bits per heavy atom. The average molecular weight is 735 g/mol. The van der Waals surface area contributed by atoms with Crippen molar-refractivity contribution < 1.29 is 0 Å². The van der Waals surface area contributed by atoms with E-state index in [1.165, 1.54) is 110 Å². The van der Waals surface area contributed by atoms with E-state index in [9.17, 15) is 0 Å². The molecule has 0 aliphatic rings. The van der Waals surface area contributed by atoms with Crippen LogP contribution in [0.3, 0.4) is 0 Å². The molecular formula is C58H38. The second kappa shape index (κ2) is 14.2. The maximum Gasteiger partial charge on any atom is -0.00261 e. The third-order valence-electron chi connectivity index (χ3n) is 11.9. The highest BCUT2D eigenvalue weighted by Gasteiger charge is 2.19. The fourth-order valence-electron chi connectivity index (χ4n) is 9.16. The fourth-order valence-corrected chi connectivity index (χ4v) is 9.16. The first-order valence-corrected chi connectivity index (χ1v) is 20.1. The second-order valence-electron chi connectivity index (χ2n) is 15.2. The van der Waals surface area contributed by atoms with Crippen LogP contribution in [0, 0.1) is 0 Å². The molecule has 0 heterocycles. The average Bonchev–Trinajstić information content (AvgIpc) is 3.30. The van der Waals surface area contributed by atoms with Crippen molar-refractivity contribution in [2.45, 2.75) is 0 Å². The van der Waals surface area contributed by atoms with Gasteiger partial charge in [-0.3, -0.25) is 0 Å². The molecule has 0 fully saturated rings. The van der Waals surface area contributed by atoms with Crippen LogP contribution in [0.2, 0.25) is 0 Å². The quantitative estimate of drug-likeness (QED) is 0.149.